The van der Waals surface area contributed by atoms with Gasteiger partial charge in [0.25, 0.3) is 5.69 Å². The Bertz CT molecular complexity index is 466. The van der Waals surface area contributed by atoms with Gasteiger partial charge in [0.2, 0.25) is 0 Å². The number of nitro benzene ring substituents is 1. The van der Waals surface area contributed by atoms with Gasteiger partial charge in [-0.05, 0) is 31.7 Å². The summed E-state index contributed by atoms with van der Waals surface area (Å²) in [7, 11) is 0. The molecule has 2 saturated heterocycles. The largest absolute Gasteiger partial charge is 0.490 e. The molecule has 1 aromatic carbocycles. The van der Waals surface area contributed by atoms with Gasteiger partial charge >= 0.3 is 0 Å². The smallest absolute Gasteiger partial charge is 0.273 e. The quantitative estimate of drug-likeness (QED) is 0.672. The fourth-order valence-electron chi connectivity index (χ4n) is 3.17. The Morgan fingerprint density at radius 3 is 2.68 bits per heavy atom. The highest BCUT2D eigenvalue weighted by Gasteiger charge is 2.32. The summed E-state index contributed by atoms with van der Waals surface area (Å²) in [6, 6.07) is 7.58. The Morgan fingerprint density at radius 2 is 2.00 bits per heavy atom. The highest BCUT2D eigenvalue weighted by atomic mass is 16.6. The first kappa shape index (κ1) is 12.4. The Kier molecular flexibility index (Phi) is 3.38. The van der Waals surface area contributed by atoms with Crippen molar-refractivity contribution in [2.75, 3.05) is 0 Å². The molecule has 1 N–H and O–H groups in total. The Morgan fingerprint density at radius 1 is 1.26 bits per heavy atom. The lowest BCUT2D eigenvalue weighted by Gasteiger charge is -2.40. The van der Waals surface area contributed by atoms with Crippen LogP contribution < -0.4 is 10.1 Å². The topological polar surface area (TPSA) is 64.4 Å². The van der Waals surface area contributed by atoms with E-state index >= 15 is 0 Å². The van der Waals surface area contributed by atoms with Crippen LogP contribution in [0.4, 0.5) is 5.69 Å². The summed E-state index contributed by atoms with van der Waals surface area (Å²) >= 11 is 0. The first-order valence-corrected chi connectivity index (χ1v) is 6.88. The lowest BCUT2D eigenvalue weighted by molar-refractivity contribution is -0.384. The molecule has 2 bridgehead atoms. The first-order valence-electron chi connectivity index (χ1n) is 6.88. The molecule has 0 saturated carbocycles. The number of non-ortho nitro benzene ring substituents is 1. The van der Waals surface area contributed by atoms with Gasteiger partial charge in [0.05, 0.1) is 11.0 Å². The summed E-state index contributed by atoms with van der Waals surface area (Å²) in [5.41, 5.74) is 0.0895. The maximum Gasteiger partial charge on any atom is 0.273 e. The van der Waals surface area contributed by atoms with E-state index in [0.29, 0.717) is 17.8 Å². The van der Waals surface area contributed by atoms with E-state index < -0.39 is 0 Å². The second-order valence-corrected chi connectivity index (χ2v) is 5.46. The van der Waals surface area contributed by atoms with E-state index in [9.17, 15) is 10.1 Å². The fraction of sp³-hybridized carbons (Fsp3) is 0.571. The molecule has 0 radical (unpaired) electrons. The summed E-state index contributed by atoms with van der Waals surface area (Å²) in [5.74, 6) is 0.610. The third-order valence-corrected chi connectivity index (χ3v) is 4.00. The molecule has 2 fully saturated rings. The minimum atomic E-state index is -0.385. The fourth-order valence-corrected chi connectivity index (χ4v) is 3.17. The highest BCUT2D eigenvalue weighted by molar-refractivity contribution is 5.38. The van der Waals surface area contributed by atoms with Gasteiger partial charge in [0, 0.05) is 18.2 Å². The Labute approximate surface area is 112 Å². The van der Waals surface area contributed by atoms with Crippen LogP contribution in [0.5, 0.6) is 5.75 Å². The molecular formula is C14H18N2O3. The number of hydrogen-bond acceptors (Lipinski definition) is 4. The maximum atomic E-state index is 10.7. The number of fused-ring (bicyclic) bond motifs is 2. The van der Waals surface area contributed by atoms with Crippen LogP contribution in [0.3, 0.4) is 0 Å². The van der Waals surface area contributed by atoms with Crippen molar-refractivity contribution in [3.8, 4) is 5.75 Å². The van der Waals surface area contributed by atoms with Gasteiger partial charge in [-0.25, -0.2) is 0 Å². The predicted molar refractivity (Wildman–Crippen MR) is 71.3 cm³/mol. The number of nitrogens with zero attached hydrogens (tertiary/aromatic N) is 1. The van der Waals surface area contributed by atoms with Gasteiger partial charge in [0.15, 0.2) is 0 Å². The van der Waals surface area contributed by atoms with Crippen molar-refractivity contribution in [1.82, 2.24) is 5.32 Å². The third kappa shape index (κ3) is 2.87. The van der Waals surface area contributed by atoms with E-state index in [-0.39, 0.29) is 16.7 Å². The molecule has 102 valence electrons. The predicted octanol–water partition coefficient (Wildman–Crippen LogP) is 2.65. The average Bonchev–Trinajstić information content (AvgIpc) is 2.38. The van der Waals surface area contributed by atoms with E-state index in [1.54, 1.807) is 12.1 Å². The van der Waals surface area contributed by atoms with Crippen LogP contribution in [-0.4, -0.2) is 23.1 Å². The molecule has 5 nitrogen and oxygen atoms in total. The third-order valence-electron chi connectivity index (χ3n) is 4.00. The number of ether oxygens (including phenoxy) is 1. The second kappa shape index (κ2) is 5.17. The summed E-state index contributed by atoms with van der Waals surface area (Å²) in [6.07, 6.45) is 5.90. The van der Waals surface area contributed by atoms with E-state index in [1.807, 2.05) is 0 Å². The van der Waals surface area contributed by atoms with Crippen molar-refractivity contribution >= 4 is 5.69 Å². The van der Waals surface area contributed by atoms with Crippen LogP contribution in [-0.2, 0) is 0 Å². The summed E-state index contributed by atoms with van der Waals surface area (Å²) in [4.78, 5) is 10.4. The van der Waals surface area contributed by atoms with E-state index in [4.69, 9.17) is 4.74 Å². The first-order chi connectivity index (χ1) is 9.20. The molecule has 0 aliphatic carbocycles. The van der Waals surface area contributed by atoms with Crippen LogP contribution in [0.1, 0.15) is 32.1 Å². The molecule has 2 unspecified atom stereocenters. The Hall–Kier alpha value is -1.62. The monoisotopic (exact) mass is 262 g/mol. The molecule has 2 atom stereocenters. The minimum absolute atomic E-state index is 0.0895. The summed E-state index contributed by atoms with van der Waals surface area (Å²) in [6.45, 7) is 0. The van der Waals surface area contributed by atoms with Gasteiger partial charge in [-0.2, -0.15) is 0 Å². The van der Waals surface area contributed by atoms with Gasteiger partial charge in [-0.1, -0.05) is 12.5 Å². The standard InChI is InChI=1S/C14H18N2O3/c17-16(18)12-5-2-6-13(9-12)19-14-7-10-3-1-4-11(8-14)15-10/h2,5-6,9-11,14-15H,1,3-4,7-8H2. The van der Waals surface area contributed by atoms with E-state index in [2.05, 4.69) is 5.32 Å². The van der Waals surface area contributed by atoms with Gasteiger partial charge in [-0.15, -0.1) is 0 Å². The SMILES string of the molecule is O=[N+]([O-])c1cccc(OC2CC3CCCC(C2)N3)c1. The number of benzene rings is 1. The summed E-state index contributed by atoms with van der Waals surface area (Å²) in [5, 5.41) is 14.4. The minimum Gasteiger partial charge on any atom is -0.490 e. The van der Waals surface area contributed by atoms with Crippen LogP contribution >= 0.6 is 0 Å². The second-order valence-electron chi connectivity index (χ2n) is 5.46. The number of nitrogens with one attached hydrogen (secondary N) is 1. The molecule has 3 rings (SSSR count). The average molecular weight is 262 g/mol. The summed E-state index contributed by atoms with van der Waals surface area (Å²) < 4.78 is 5.94. The number of hydrogen-bond donors (Lipinski definition) is 1. The number of rotatable bonds is 3. The van der Waals surface area contributed by atoms with Crippen molar-refractivity contribution in [1.29, 1.82) is 0 Å². The molecule has 2 aliphatic heterocycles. The van der Waals surface area contributed by atoms with Crippen molar-refractivity contribution in [2.24, 2.45) is 0 Å². The van der Waals surface area contributed by atoms with Gasteiger partial charge in [-0.3, -0.25) is 10.1 Å². The van der Waals surface area contributed by atoms with Crippen LogP contribution in [0.25, 0.3) is 0 Å². The van der Waals surface area contributed by atoms with Gasteiger partial charge < -0.3 is 10.1 Å². The molecule has 0 spiro atoms. The molecular weight excluding hydrogens is 244 g/mol. The van der Waals surface area contributed by atoms with E-state index in [1.165, 1.54) is 31.4 Å². The highest BCUT2D eigenvalue weighted by Crippen LogP contribution is 2.29. The van der Waals surface area contributed by atoms with Crippen molar-refractivity contribution in [2.45, 2.75) is 50.3 Å². The number of piperidine rings is 2. The van der Waals surface area contributed by atoms with Gasteiger partial charge in [0.1, 0.15) is 11.9 Å². The molecule has 5 heteroatoms. The molecule has 19 heavy (non-hydrogen) atoms. The normalized spacial score (nSPS) is 29.8. The maximum absolute atomic E-state index is 10.7. The molecule has 2 heterocycles. The van der Waals surface area contributed by atoms with Crippen LogP contribution in [0, 0.1) is 10.1 Å². The van der Waals surface area contributed by atoms with Crippen molar-refractivity contribution in [3.63, 3.8) is 0 Å². The lowest BCUT2D eigenvalue weighted by atomic mass is 9.85. The zero-order chi connectivity index (χ0) is 13.2. The Balaban J connectivity index is 1.68. The molecule has 2 aliphatic rings. The van der Waals surface area contributed by atoms with Crippen LogP contribution in [0.15, 0.2) is 24.3 Å². The van der Waals surface area contributed by atoms with Crippen molar-refractivity contribution in [3.05, 3.63) is 34.4 Å². The zero-order valence-corrected chi connectivity index (χ0v) is 10.7. The molecule has 0 aromatic heterocycles. The molecule has 1 aromatic rings. The van der Waals surface area contributed by atoms with Crippen LogP contribution in [0.2, 0.25) is 0 Å². The molecule has 0 amide bonds. The van der Waals surface area contributed by atoms with Crippen molar-refractivity contribution < 1.29 is 9.66 Å². The van der Waals surface area contributed by atoms with E-state index in [0.717, 1.165) is 12.8 Å². The lowest BCUT2D eigenvalue weighted by Crippen LogP contribution is -2.51. The zero-order valence-electron chi connectivity index (χ0n) is 10.7. The number of nitro groups is 1.